The maximum atomic E-state index is 12.4. The van der Waals surface area contributed by atoms with Crippen LogP contribution in [0.3, 0.4) is 0 Å². The van der Waals surface area contributed by atoms with Crippen LogP contribution in [0.1, 0.15) is 28.3 Å². The molecule has 8 heteroatoms. The van der Waals surface area contributed by atoms with Gasteiger partial charge in [-0.1, -0.05) is 11.8 Å². The molecule has 0 aromatic carbocycles. The van der Waals surface area contributed by atoms with Gasteiger partial charge in [0.25, 0.3) is 0 Å². The Kier molecular flexibility index (Phi) is 5.49. The Labute approximate surface area is 159 Å². The van der Waals surface area contributed by atoms with Gasteiger partial charge in [-0.2, -0.15) is 5.26 Å². The number of rotatable bonds is 6. The second kappa shape index (κ2) is 7.81. The van der Waals surface area contributed by atoms with Crippen molar-refractivity contribution in [2.75, 3.05) is 11.1 Å². The SMILES string of the molecule is Cc1csc(SCC(=O)Nc2c(C#N)c(C)c(C)n2Cc2ccco2)n1. The number of aryl methyl sites for hydroxylation is 1. The number of nitrogens with one attached hydrogen (secondary N) is 1. The summed E-state index contributed by atoms with van der Waals surface area (Å²) in [6.07, 6.45) is 1.61. The smallest absolute Gasteiger partial charge is 0.235 e. The Bertz CT molecular complexity index is 964. The molecule has 3 aromatic heterocycles. The molecule has 6 nitrogen and oxygen atoms in total. The summed E-state index contributed by atoms with van der Waals surface area (Å²) in [5.41, 5.74) is 3.22. The minimum absolute atomic E-state index is 0.169. The molecule has 1 N–H and O–H groups in total. The van der Waals surface area contributed by atoms with Gasteiger partial charge >= 0.3 is 0 Å². The van der Waals surface area contributed by atoms with E-state index in [1.165, 1.54) is 23.1 Å². The Morgan fingerprint density at radius 3 is 2.88 bits per heavy atom. The largest absolute Gasteiger partial charge is 0.467 e. The van der Waals surface area contributed by atoms with Gasteiger partial charge in [0.1, 0.15) is 17.6 Å². The van der Waals surface area contributed by atoms with Gasteiger partial charge in [-0.3, -0.25) is 4.79 Å². The molecule has 0 bridgehead atoms. The van der Waals surface area contributed by atoms with E-state index in [9.17, 15) is 10.1 Å². The summed E-state index contributed by atoms with van der Waals surface area (Å²) >= 11 is 2.91. The Balaban J connectivity index is 1.80. The molecule has 0 saturated heterocycles. The van der Waals surface area contributed by atoms with E-state index >= 15 is 0 Å². The summed E-state index contributed by atoms with van der Waals surface area (Å²) in [5, 5.41) is 14.4. The van der Waals surface area contributed by atoms with Crippen molar-refractivity contribution < 1.29 is 9.21 Å². The summed E-state index contributed by atoms with van der Waals surface area (Å²) in [7, 11) is 0. The first-order valence-electron chi connectivity index (χ1n) is 7.96. The van der Waals surface area contributed by atoms with Crippen LogP contribution in [-0.4, -0.2) is 21.2 Å². The molecule has 26 heavy (non-hydrogen) atoms. The molecule has 3 aromatic rings. The van der Waals surface area contributed by atoms with E-state index in [1.807, 2.05) is 42.9 Å². The number of thiazole rings is 1. The predicted octanol–water partition coefficient (Wildman–Crippen LogP) is 4.11. The second-order valence-electron chi connectivity index (χ2n) is 5.80. The van der Waals surface area contributed by atoms with Crippen molar-refractivity contribution in [1.29, 1.82) is 5.26 Å². The van der Waals surface area contributed by atoms with Crippen LogP contribution in [0.25, 0.3) is 0 Å². The first-order chi connectivity index (χ1) is 12.5. The van der Waals surface area contributed by atoms with Crippen molar-refractivity contribution in [3.63, 3.8) is 0 Å². The van der Waals surface area contributed by atoms with Gasteiger partial charge in [0.15, 0.2) is 4.34 Å². The highest BCUT2D eigenvalue weighted by atomic mass is 32.2. The molecule has 3 heterocycles. The molecule has 0 radical (unpaired) electrons. The number of carbonyl (C=O) groups is 1. The predicted molar refractivity (Wildman–Crippen MR) is 103 cm³/mol. The number of nitriles is 1. The molecular formula is C18H18N4O2S2. The zero-order valence-corrected chi connectivity index (χ0v) is 16.3. The van der Waals surface area contributed by atoms with Crippen LogP contribution in [0, 0.1) is 32.1 Å². The van der Waals surface area contributed by atoms with Crippen LogP contribution >= 0.6 is 23.1 Å². The summed E-state index contributed by atoms with van der Waals surface area (Å²) < 4.78 is 8.18. The molecule has 1 amide bonds. The van der Waals surface area contributed by atoms with Crippen molar-refractivity contribution in [2.24, 2.45) is 0 Å². The van der Waals surface area contributed by atoms with Crippen molar-refractivity contribution in [3.05, 3.63) is 52.1 Å². The molecule has 0 aliphatic heterocycles. The van der Waals surface area contributed by atoms with E-state index in [-0.39, 0.29) is 11.7 Å². The number of anilines is 1. The average molecular weight is 387 g/mol. The minimum atomic E-state index is -0.169. The molecule has 134 valence electrons. The molecule has 3 rings (SSSR count). The number of amides is 1. The number of aromatic nitrogens is 2. The third-order valence-electron chi connectivity index (χ3n) is 4.02. The van der Waals surface area contributed by atoms with Gasteiger partial charge in [0.2, 0.25) is 5.91 Å². The molecule has 0 fully saturated rings. The summed E-state index contributed by atoms with van der Waals surface area (Å²) in [6.45, 7) is 6.19. The van der Waals surface area contributed by atoms with Crippen molar-refractivity contribution in [3.8, 4) is 6.07 Å². The molecule has 0 saturated carbocycles. The van der Waals surface area contributed by atoms with E-state index in [4.69, 9.17) is 4.42 Å². The highest BCUT2D eigenvalue weighted by Crippen LogP contribution is 2.28. The minimum Gasteiger partial charge on any atom is -0.467 e. The molecular weight excluding hydrogens is 368 g/mol. The van der Waals surface area contributed by atoms with Crippen LogP contribution in [0.15, 0.2) is 32.5 Å². The van der Waals surface area contributed by atoms with E-state index in [0.717, 1.165) is 27.1 Å². The van der Waals surface area contributed by atoms with E-state index < -0.39 is 0 Å². The number of hydrogen-bond acceptors (Lipinski definition) is 6. The third kappa shape index (κ3) is 3.84. The molecule has 0 aliphatic carbocycles. The average Bonchev–Trinajstić information content (AvgIpc) is 3.32. The number of hydrogen-bond donors (Lipinski definition) is 1. The first-order valence-corrected chi connectivity index (χ1v) is 9.83. The van der Waals surface area contributed by atoms with Gasteiger partial charge in [-0.25, -0.2) is 4.98 Å². The van der Waals surface area contributed by atoms with Gasteiger partial charge in [-0.05, 0) is 38.5 Å². The van der Waals surface area contributed by atoms with E-state index in [2.05, 4.69) is 16.4 Å². The van der Waals surface area contributed by atoms with Gasteiger partial charge < -0.3 is 14.3 Å². The first kappa shape index (κ1) is 18.3. The molecule has 0 aliphatic rings. The van der Waals surface area contributed by atoms with Crippen LogP contribution in [0.2, 0.25) is 0 Å². The Hall–Kier alpha value is -2.50. The lowest BCUT2D eigenvalue weighted by atomic mass is 10.2. The number of carbonyl (C=O) groups excluding carboxylic acids is 1. The highest BCUT2D eigenvalue weighted by molar-refractivity contribution is 8.01. The van der Waals surface area contributed by atoms with E-state index in [0.29, 0.717) is 17.9 Å². The lowest BCUT2D eigenvalue weighted by Gasteiger charge is -2.11. The third-order valence-corrected chi connectivity index (χ3v) is 6.16. The van der Waals surface area contributed by atoms with Crippen LogP contribution in [0.5, 0.6) is 0 Å². The maximum absolute atomic E-state index is 12.4. The Morgan fingerprint density at radius 1 is 1.46 bits per heavy atom. The molecule has 0 atom stereocenters. The summed E-state index contributed by atoms with van der Waals surface area (Å²) in [4.78, 5) is 16.8. The van der Waals surface area contributed by atoms with E-state index in [1.54, 1.807) is 6.26 Å². The number of thioether (sulfide) groups is 1. The summed E-state index contributed by atoms with van der Waals surface area (Å²) in [5.74, 6) is 1.34. The zero-order valence-electron chi connectivity index (χ0n) is 14.7. The fourth-order valence-corrected chi connectivity index (χ4v) is 4.23. The van der Waals surface area contributed by atoms with Crippen LogP contribution in [0.4, 0.5) is 5.82 Å². The normalized spacial score (nSPS) is 10.7. The fraction of sp³-hybridized carbons (Fsp3) is 0.278. The second-order valence-corrected chi connectivity index (χ2v) is 7.88. The molecule has 0 spiro atoms. The topological polar surface area (TPSA) is 83.9 Å². The number of furan rings is 1. The lowest BCUT2D eigenvalue weighted by molar-refractivity contribution is -0.113. The quantitative estimate of drug-likeness (QED) is 0.645. The van der Waals surface area contributed by atoms with Crippen molar-refractivity contribution in [1.82, 2.24) is 9.55 Å². The van der Waals surface area contributed by atoms with Gasteiger partial charge in [0.05, 0.1) is 24.1 Å². The number of nitrogens with zero attached hydrogens (tertiary/aromatic N) is 3. The van der Waals surface area contributed by atoms with Crippen molar-refractivity contribution >= 4 is 34.8 Å². The zero-order chi connectivity index (χ0) is 18.7. The molecule has 0 unspecified atom stereocenters. The Morgan fingerprint density at radius 2 is 2.27 bits per heavy atom. The van der Waals surface area contributed by atoms with Gasteiger partial charge in [-0.15, -0.1) is 11.3 Å². The highest BCUT2D eigenvalue weighted by Gasteiger charge is 2.20. The van der Waals surface area contributed by atoms with Crippen LogP contribution < -0.4 is 5.32 Å². The summed E-state index contributed by atoms with van der Waals surface area (Å²) in [6, 6.07) is 5.89. The lowest BCUT2D eigenvalue weighted by Crippen LogP contribution is -2.18. The van der Waals surface area contributed by atoms with Gasteiger partial charge in [0, 0.05) is 16.8 Å². The van der Waals surface area contributed by atoms with Crippen molar-refractivity contribution in [2.45, 2.75) is 31.7 Å². The maximum Gasteiger partial charge on any atom is 0.235 e. The monoisotopic (exact) mass is 386 g/mol. The standard InChI is InChI=1S/C18H18N4O2S2/c1-11-9-25-18(20-11)26-10-16(23)21-17-15(7-19)12(2)13(3)22(17)8-14-5-4-6-24-14/h4-6,9H,8,10H2,1-3H3,(H,21,23). The van der Waals surface area contributed by atoms with Crippen LogP contribution in [-0.2, 0) is 11.3 Å². The fourth-order valence-electron chi connectivity index (χ4n) is 2.58.